The number of Topliss-reactive ketones (excluding diaryl/α,β-unsaturated/α-hetero) is 1. The van der Waals surface area contributed by atoms with E-state index in [2.05, 4.69) is 4.98 Å². The van der Waals surface area contributed by atoms with Crippen molar-refractivity contribution in [3.05, 3.63) is 79.5 Å². The van der Waals surface area contributed by atoms with Crippen LogP contribution in [0.4, 0.5) is 8.78 Å². The van der Waals surface area contributed by atoms with Gasteiger partial charge in [-0.3, -0.25) is 19.1 Å². The lowest BCUT2D eigenvalue weighted by atomic mass is 9.87. The van der Waals surface area contributed by atoms with E-state index in [0.717, 1.165) is 28.0 Å². The smallest absolute Gasteiger partial charge is 0.273 e. The lowest BCUT2D eigenvalue weighted by Crippen LogP contribution is -2.33. The Kier molecular flexibility index (Phi) is 5.76. The monoisotopic (exact) mass is 425 g/mol. The van der Waals surface area contributed by atoms with Gasteiger partial charge in [0.15, 0.2) is 5.78 Å². The first kappa shape index (κ1) is 21.3. The summed E-state index contributed by atoms with van der Waals surface area (Å²) in [4.78, 5) is 29.9. The van der Waals surface area contributed by atoms with Crippen LogP contribution in [0.25, 0.3) is 17.3 Å². The van der Waals surface area contributed by atoms with Crippen LogP contribution in [0.15, 0.2) is 47.5 Å². The molecule has 0 amide bonds. The van der Waals surface area contributed by atoms with Crippen LogP contribution < -0.4 is 14.8 Å². The van der Waals surface area contributed by atoms with E-state index in [4.69, 9.17) is 0 Å². The molecule has 5 nitrogen and oxygen atoms in total. The summed E-state index contributed by atoms with van der Waals surface area (Å²) in [6.07, 6.45) is 4.66. The average Bonchev–Trinajstić information content (AvgIpc) is 2.99. The van der Waals surface area contributed by atoms with Crippen LogP contribution in [-0.4, -0.2) is 15.3 Å². The number of ketones is 1. The summed E-state index contributed by atoms with van der Waals surface area (Å²) >= 11 is 0.900. The molecule has 30 heavy (non-hydrogen) atoms. The Morgan fingerprint density at radius 3 is 2.43 bits per heavy atom. The molecule has 8 heteroatoms. The first-order valence-corrected chi connectivity index (χ1v) is 9.73. The minimum Gasteiger partial charge on any atom is -0.293 e. The van der Waals surface area contributed by atoms with Gasteiger partial charge >= 0.3 is 0 Å². The van der Waals surface area contributed by atoms with Crippen LogP contribution in [0, 0.1) is 28.4 Å². The van der Waals surface area contributed by atoms with E-state index < -0.39 is 28.4 Å². The second-order valence-corrected chi connectivity index (χ2v) is 8.53. The van der Waals surface area contributed by atoms with Gasteiger partial charge in [0.1, 0.15) is 27.9 Å². The summed E-state index contributed by atoms with van der Waals surface area (Å²) in [6.45, 7) is 4.93. The third-order valence-corrected chi connectivity index (χ3v) is 5.30. The first-order valence-electron chi connectivity index (χ1n) is 8.91. The van der Waals surface area contributed by atoms with Crippen molar-refractivity contribution in [1.82, 2.24) is 9.55 Å². The largest absolute Gasteiger partial charge is 0.293 e. The highest BCUT2D eigenvalue weighted by molar-refractivity contribution is 7.07. The van der Waals surface area contributed by atoms with Gasteiger partial charge in [0, 0.05) is 23.9 Å². The molecule has 0 bridgehead atoms. The molecule has 0 aliphatic rings. The van der Waals surface area contributed by atoms with Gasteiger partial charge < -0.3 is 0 Å². The van der Waals surface area contributed by atoms with E-state index in [-0.39, 0.29) is 20.5 Å². The molecule has 0 atom stereocenters. The van der Waals surface area contributed by atoms with Gasteiger partial charge in [-0.25, -0.2) is 8.78 Å². The van der Waals surface area contributed by atoms with Gasteiger partial charge in [0.05, 0.1) is 10.2 Å². The zero-order valence-corrected chi connectivity index (χ0v) is 17.3. The number of carbonyl (C=O) groups is 1. The van der Waals surface area contributed by atoms with Crippen LogP contribution in [0.5, 0.6) is 0 Å². The van der Waals surface area contributed by atoms with Crippen molar-refractivity contribution < 1.29 is 13.6 Å². The van der Waals surface area contributed by atoms with Crippen molar-refractivity contribution >= 4 is 28.8 Å². The van der Waals surface area contributed by atoms with Crippen molar-refractivity contribution in [2.75, 3.05) is 0 Å². The molecular weight excluding hydrogens is 408 g/mol. The standard InChI is InChI=1S/C22H17F2N3O2S/c1-22(2,3)19(28)15(12-25)21-27(17-5-4-14(23)11-16(17)24)20(29)18(30-21)10-13-6-8-26-9-7-13/h4-11H,1-3H3/b18-10-,21-15-. The van der Waals surface area contributed by atoms with Crippen LogP contribution >= 0.6 is 11.3 Å². The Hall–Kier alpha value is -3.44. The Morgan fingerprint density at radius 1 is 1.20 bits per heavy atom. The maximum atomic E-state index is 14.5. The molecule has 2 aromatic heterocycles. The number of hydrogen-bond donors (Lipinski definition) is 0. The molecule has 0 fully saturated rings. The van der Waals surface area contributed by atoms with Gasteiger partial charge in [0.25, 0.3) is 5.56 Å². The van der Waals surface area contributed by atoms with Crippen LogP contribution in [-0.2, 0) is 4.79 Å². The number of thiazole rings is 1. The molecule has 152 valence electrons. The van der Waals surface area contributed by atoms with Crippen molar-refractivity contribution in [2.45, 2.75) is 20.8 Å². The zero-order valence-electron chi connectivity index (χ0n) is 16.4. The van der Waals surface area contributed by atoms with E-state index in [0.29, 0.717) is 11.6 Å². The summed E-state index contributed by atoms with van der Waals surface area (Å²) in [6, 6.07) is 7.98. The molecule has 0 aliphatic heterocycles. The fourth-order valence-corrected chi connectivity index (χ4v) is 3.81. The van der Waals surface area contributed by atoms with Crippen LogP contribution in [0.1, 0.15) is 26.3 Å². The van der Waals surface area contributed by atoms with Crippen molar-refractivity contribution in [1.29, 1.82) is 5.26 Å². The van der Waals surface area contributed by atoms with E-state index in [1.807, 2.05) is 6.07 Å². The summed E-state index contributed by atoms with van der Waals surface area (Å²) in [5.74, 6) is -2.27. The average molecular weight is 425 g/mol. The maximum absolute atomic E-state index is 14.5. The van der Waals surface area contributed by atoms with Crippen molar-refractivity contribution in [2.24, 2.45) is 5.41 Å². The molecule has 0 radical (unpaired) electrons. The maximum Gasteiger partial charge on any atom is 0.273 e. The molecule has 3 aromatic rings. The van der Waals surface area contributed by atoms with Gasteiger partial charge in [-0.2, -0.15) is 5.26 Å². The van der Waals surface area contributed by atoms with E-state index in [1.54, 1.807) is 51.4 Å². The SMILES string of the molecule is CC(C)(C)C(=O)/C(C#N)=c1\s/c(=C\c2ccncc2)c(=O)n1-c1ccc(F)cc1F. The summed E-state index contributed by atoms with van der Waals surface area (Å²) in [7, 11) is 0. The lowest BCUT2D eigenvalue weighted by molar-refractivity contribution is -0.120. The molecule has 2 heterocycles. The second kappa shape index (κ2) is 8.13. The molecule has 3 rings (SSSR count). The Morgan fingerprint density at radius 2 is 1.87 bits per heavy atom. The molecule has 0 unspecified atom stereocenters. The van der Waals surface area contributed by atoms with Crippen molar-refractivity contribution in [3.8, 4) is 11.8 Å². The third kappa shape index (κ3) is 4.11. The topological polar surface area (TPSA) is 75.8 Å². The van der Waals surface area contributed by atoms with Gasteiger partial charge in [-0.15, -0.1) is 11.3 Å². The minimum absolute atomic E-state index is 0.00626. The number of nitrogens with zero attached hydrogens (tertiary/aromatic N) is 3. The number of carbonyl (C=O) groups excluding carboxylic acids is 1. The summed E-state index contributed by atoms with van der Waals surface area (Å²) < 4.78 is 29.1. The second-order valence-electron chi connectivity index (χ2n) is 7.50. The molecule has 0 saturated heterocycles. The molecule has 0 spiro atoms. The third-order valence-electron chi connectivity index (χ3n) is 4.21. The lowest BCUT2D eigenvalue weighted by Gasteiger charge is -2.15. The van der Waals surface area contributed by atoms with Crippen molar-refractivity contribution in [3.63, 3.8) is 0 Å². The summed E-state index contributed by atoms with van der Waals surface area (Å²) in [5, 5.41) is 9.70. The number of rotatable bonds is 3. The number of halogens is 2. The van der Waals surface area contributed by atoms with E-state index in [9.17, 15) is 23.6 Å². The zero-order chi connectivity index (χ0) is 22.1. The predicted octanol–water partition coefficient (Wildman–Crippen LogP) is 2.69. The number of aromatic nitrogens is 2. The highest BCUT2D eigenvalue weighted by Gasteiger charge is 2.28. The van der Waals surface area contributed by atoms with Gasteiger partial charge in [0.2, 0.25) is 0 Å². The predicted molar refractivity (Wildman–Crippen MR) is 110 cm³/mol. The van der Waals surface area contributed by atoms with Crippen LogP contribution in [0.3, 0.4) is 0 Å². The number of benzene rings is 1. The highest BCUT2D eigenvalue weighted by atomic mass is 32.1. The molecule has 0 N–H and O–H groups in total. The molecule has 1 aromatic carbocycles. The Labute approximate surface area is 174 Å². The Bertz CT molecular complexity index is 1340. The minimum atomic E-state index is -0.980. The Balaban J connectivity index is 2.48. The van der Waals surface area contributed by atoms with E-state index in [1.165, 1.54) is 0 Å². The molecule has 0 aliphatic carbocycles. The number of nitriles is 1. The number of pyridine rings is 1. The van der Waals surface area contributed by atoms with Gasteiger partial charge in [-0.05, 0) is 35.9 Å². The first-order chi connectivity index (χ1) is 14.1. The fraction of sp³-hybridized carbons (Fsp3) is 0.182. The number of hydrogen-bond acceptors (Lipinski definition) is 5. The normalized spacial score (nSPS) is 13.1. The quantitative estimate of drug-likeness (QED) is 0.647. The molecular formula is C22H17F2N3O2S. The fourth-order valence-electron chi connectivity index (χ4n) is 2.71. The van der Waals surface area contributed by atoms with Crippen LogP contribution in [0.2, 0.25) is 0 Å². The van der Waals surface area contributed by atoms with Gasteiger partial charge in [-0.1, -0.05) is 20.8 Å². The summed E-state index contributed by atoms with van der Waals surface area (Å²) in [5.41, 5.74) is -1.35. The highest BCUT2D eigenvalue weighted by Crippen LogP contribution is 2.20. The van der Waals surface area contributed by atoms with E-state index >= 15 is 0 Å². The molecule has 0 saturated carbocycles.